The molecular formula is C22H24N4O3S. The Balaban J connectivity index is 2.29. The molecule has 1 aliphatic heterocycles. The fourth-order valence-electron chi connectivity index (χ4n) is 3.65. The van der Waals surface area contributed by atoms with Crippen LogP contribution in [0.4, 0.5) is 5.69 Å². The summed E-state index contributed by atoms with van der Waals surface area (Å²) in [7, 11) is 1.53. The van der Waals surface area contributed by atoms with Gasteiger partial charge in [0.1, 0.15) is 5.75 Å². The van der Waals surface area contributed by atoms with Crippen molar-refractivity contribution in [2.45, 2.75) is 19.8 Å². The molecule has 0 saturated heterocycles. The summed E-state index contributed by atoms with van der Waals surface area (Å²) in [5.41, 5.74) is 10.5. The maximum atomic E-state index is 12.5. The molecule has 156 valence electrons. The van der Waals surface area contributed by atoms with Gasteiger partial charge in [-0.15, -0.1) is 0 Å². The molecule has 0 bridgehead atoms. The van der Waals surface area contributed by atoms with Crippen molar-refractivity contribution in [3.05, 3.63) is 57.9 Å². The molecule has 0 fully saturated rings. The van der Waals surface area contributed by atoms with Gasteiger partial charge in [0.2, 0.25) is 11.8 Å². The van der Waals surface area contributed by atoms with Crippen LogP contribution in [0.2, 0.25) is 0 Å². The number of aromatic nitrogens is 1. The van der Waals surface area contributed by atoms with Crippen LogP contribution in [0, 0.1) is 18.3 Å². The Labute approximate surface area is 180 Å². The minimum absolute atomic E-state index is 0.410. The van der Waals surface area contributed by atoms with Crippen LogP contribution in [0.25, 0.3) is 0 Å². The number of allylic oxidation sites excluding steroid dienone is 1. The zero-order chi connectivity index (χ0) is 21.8. The molecule has 1 aliphatic rings. The van der Waals surface area contributed by atoms with Gasteiger partial charge in [0.15, 0.2) is 0 Å². The average Bonchev–Trinajstić information content (AvgIpc) is 2.74. The minimum Gasteiger partial charge on any atom is -0.496 e. The number of hydrogen-bond donors (Lipinski definition) is 2. The molecule has 3 N–H and O–H groups in total. The number of ether oxygens (including phenoxy) is 2. The lowest BCUT2D eigenvalue weighted by Gasteiger charge is -2.32. The van der Waals surface area contributed by atoms with Gasteiger partial charge >= 0.3 is 0 Å². The molecule has 7 nitrogen and oxygen atoms in total. The molecule has 0 saturated carbocycles. The SMILES string of the molecule is COc1cc(C#N)ccc1C1C(C(N)=O)=C(C)Nc2c(C)cnc(OCCSC)c21. The summed E-state index contributed by atoms with van der Waals surface area (Å²) in [6.07, 6.45) is 3.75. The Hall–Kier alpha value is -3.18. The molecule has 30 heavy (non-hydrogen) atoms. The molecule has 1 aromatic heterocycles. The number of nitrogens with zero attached hydrogens (tertiary/aromatic N) is 2. The normalized spacial score (nSPS) is 15.1. The van der Waals surface area contributed by atoms with Crippen molar-refractivity contribution in [3.8, 4) is 17.7 Å². The molecular weight excluding hydrogens is 400 g/mol. The van der Waals surface area contributed by atoms with E-state index in [9.17, 15) is 10.1 Å². The van der Waals surface area contributed by atoms with E-state index in [4.69, 9.17) is 15.2 Å². The summed E-state index contributed by atoms with van der Waals surface area (Å²) >= 11 is 1.67. The maximum Gasteiger partial charge on any atom is 0.247 e. The van der Waals surface area contributed by atoms with Gasteiger partial charge in [-0.2, -0.15) is 17.0 Å². The van der Waals surface area contributed by atoms with Gasteiger partial charge in [0.05, 0.1) is 42.5 Å². The predicted molar refractivity (Wildman–Crippen MR) is 118 cm³/mol. The first kappa shape index (κ1) is 21.5. The van der Waals surface area contributed by atoms with Gasteiger partial charge in [0, 0.05) is 28.8 Å². The molecule has 1 unspecified atom stereocenters. The Morgan fingerprint density at radius 2 is 2.17 bits per heavy atom. The fourth-order valence-corrected chi connectivity index (χ4v) is 3.90. The van der Waals surface area contributed by atoms with E-state index < -0.39 is 11.8 Å². The Morgan fingerprint density at radius 1 is 1.40 bits per heavy atom. The van der Waals surface area contributed by atoms with Gasteiger partial charge in [-0.25, -0.2) is 4.98 Å². The number of thioether (sulfide) groups is 1. The number of anilines is 1. The Morgan fingerprint density at radius 3 is 2.80 bits per heavy atom. The van der Waals surface area contributed by atoms with Crippen molar-refractivity contribution in [1.29, 1.82) is 5.26 Å². The number of pyridine rings is 1. The highest BCUT2D eigenvalue weighted by atomic mass is 32.2. The van der Waals surface area contributed by atoms with Crippen LogP contribution >= 0.6 is 11.8 Å². The van der Waals surface area contributed by atoms with E-state index in [0.717, 1.165) is 28.1 Å². The lowest BCUT2D eigenvalue weighted by atomic mass is 9.79. The number of aryl methyl sites for hydroxylation is 1. The van der Waals surface area contributed by atoms with Gasteiger partial charge in [-0.1, -0.05) is 6.07 Å². The van der Waals surface area contributed by atoms with Gasteiger partial charge in [-0.3, -0.25) is 4.79 Å². The maximum absolute atomic E-state index is 12.5. The highest BCUT2D eigenvalue weighted by molar-refractivity contribution is 7.98. The second kappa shape index (κ2) is 9.09. The van der Waals surface area contributed by atoms with Crippen LogP contribution in [0.1, 0.15) is 35.1 Å². The lowest BCUT2D eigenvalue weighted by Crippen LogP contribution is -2.29. The van der Waals surface area contributed by atoms with E-state index >= 15 is 0 Å². The summed E-state index contributed by atoms with van der Waals surface area (Å²) < 4.78 is 11.6. The third kappa shape index (κ3) is 3.94. The highest BCUT2D eigenvalue weighted by Crippen LogP contribution is 2.48. The third-order valence-electron chi connectivity index (χ3n) is 5.03. The van der Waals surface area contributed by atoms with Crippen molar-refractivity contribution in [2.75, 3.05) is 31.0 Å². The lowest BCUT2D eigenvalue weighted by molar-refractivity contribution is -0.114. The van der Waals surface area contributed by atoms with Crippen molar-refractivity contribution in [1.82, 2.24) is 4.98 Å². The Bertz CT molecular complexity index is 1060. The predicted octanol–water partition coefficient (Wildman–Crippen LogP) is 3.33. The Kier molecular flexibility index (Phi) is 6.53. The first-order valence-corrected chi connectivity index (χ1v) is 10.8. The molecule has 2 heterocycles. The minimum atomic E-state index is -0.543. The smallest absolute Gasteiger partial charge is 0.247 e. The summed E-state index contributed by atoms with van der Waals surface area (Å²) in [4.78, 5) is 17.0. The first-order chi connectivity index (χ1) is 14.4. The van der Waals surface area contributed by atoms with Crippen LogP contribution in [0.15, 0.2) is 35.7 Å². The number of fused-ring (bicyclic) bond motifs is 1. The van der Waals surface area contributed by atoms with Crippen LogP contribution in [-0.2, 0) is 4.79 Å². The van der Waals surface area contributed by atoms with Crippen molar-refractivity contribution < 1.29 is 14.3 Å². The number of primary amides is 1. The fraction of sp³-hybridized carbons (Fsp3) is 0.318. The second-order valence-electron chi connectivity index (χ2n) is 6.91. The van der Waals surface area contributed by atoms with Crippen LogP contribution in [0.3, 0.4) is 0 Å². The number of nitrogens with one attached hydrogen (secondary N) is 1. The number of benzene rings is 1. The zero-order valence-corrected chi connectivity index (χ0v) is 18.2. The van der Waals surface area contributed by atoms with Crippen molar-refractivity contribution in [3.63, 3.8) is 0 Å². The van der Waals surface area contributed by atoms with Crippen LogP contribution < -0.4 is 20.5 Å². The number of carbonyl (C=O) groups excluding carboxylic acids is 1. The largest absolute Gasteiger partial charge is 0.496 e. The summed E-state index contributed by atoms with van der Waals surface area (Å²) in [5.74, 6) is 0.659. The number of nitriles is 1. The van der Waals surface area contributed by atoms with E-state index in [-0.39, 0.29) is 0 Å². The van der Waals surface area contributed by atoms with Gasteiger partial charge in [0.25, 0.3) is 0 Å². The molecule has 3 rings (SSSR count). The number of hydrogen-bond acceptors (Lipinski definition) is 7. The number of amides is 1. The molecule has 1 amide bonds. The average molecular weight is 425 g/mol. The quantitative estimate of drug-likeness (QED) is 0.656. The summed E-state index contributed by atoms with van der Waals surface area (Å²) in [6, 6.07) is 7.26. The molecule has 1 atom stereocenters. The molecule has 0 aliphatic carbocycles. The topological polar surface area (TPSA) is 110 Å². The van der Waals surface area contributed by atoms with Crippen molar-refractivity contribution >= 4 is 23.4 Å². The first-order valence-electron chi connectivity index (χ1n) is 9.39. The standard InChI is InChI=1S/C22H24N4O3S/c1-12-11-25-22(29-7-8-30-4)19-18(17(21(24)27)13(2)26-20(12)19)15-6-5-14(10-23)9-16(15)28-3/h5-6,9,11,18,26H,7-8H2,1-4H3,(H2,24,27). The van der Waals surface area contributed by atoms with Gasteiger partial charge < -0.3 is 20.5 Å². The van der Waals surface area contributed by atoms with Gasteiger partial charge in [-0.05, 0) is 37.8 Å². The van der Waals surface area contributed by atoms with E-state index in [0.29, 0.717) is 35.1 Å². The van der Waals surface area contributed by atoms with E-state index in [1.54, 1.807) is 36.2 Å². The third-order valence-corrected chi connectivity index (χ3v) is 5.60. The monoisotopic (exact) mass is 424 g/mol. The zero-order valence-electron chi connectivity index (χ0n) is 17.4. The molecule has 2 aromatic rings. The van der Waals surface area contributed by atoms with E-state index in [2.05, 4.69) is 16.4 Å². The van der Waals surface area contributed by atoms with E-state index in [1.807, 2.05) is 20.1 Å². The number of rotatable bonds is 7. The summed E-state index contributed by atoms with van der Waals surface area (Å²) in [5, 5.41) is 12.6. The van der Waals surface area contributed by atoms with Crippen LogP contribution in [0.5, 0.6) is 11.6 Å². The van der Waals surface area contributed by atoms with Crippen LogP contribution in [-0.4, -0.2) is 36.6 Å². The summed E-state index contributed by atoms with van der Waals surface area (Å²) in [6.45, 7) is 4.25. The number of methoxy groups -OCH3 is 1. The molecule has 1 aromatic carbocycles. The molecule has 8 heteroatoms. The van der Waals surface area contributed by atoms with Crippen molar-refractivity contribution in [2.24, 2.45) is 5.73 Å². The second-order valence-corrected chi connectivity index (χ2v) is 7.89. The number of carbonyl (C=O) groups is 1. The molecule has 0 radical (unpaired) electrons. The highest BCUT2D eigenvalue weighted by Gasteiger charge is 2.37. The van der Waals surface area contributed by atoms with E-state index in [1.165, 1.54) is 7.11 Å². The number of nitrogens with two attached hydrogens (primary N) is 1. The molecule has 0 spiro atoms.